The van der Waals surface area contributed by atoms with E-state index >= 15 is 0 Å². The average molecular weight is 204 g/mol. The lowest BCUT2D eigenvalue weighted by Gasteiger charge is -2.41. The van der Waals surface area contributed by atoms with Crippen LogP contribution in [-0.4, -0.2) is 37.6 Å². The Hall–Kier alpha value is -0.600. The van der Waals surface area contributed by atoms with Gasteiger partial charge in [0.2, 0.25) is 0 Å². The van der Waals surface area contributed by atoms with Gasteiger partial charge in [0.25, 0.3) is 0 Å². The second-order valence-electron chi connectivity index (χ2n) is 5.37. The van der Waals surface area contributed by atoms with Crippen molar-refractivity contribution >= 4 is 0 Å². The van der Waals surface area contributed by atoms with Crippen LogP contribution in [0.25, 0.3) is 0 Å². The fraction of sp³-hybridized carbons (Fsp3) is 0.692. The van der Waals surface area contributed by atoms with Crippen molar-refractivity contribution in [2.75, 3.05) is 26.7 Å². The summed E-state index contributed by atoms with van der Waals surface area (Å²) in [4.78, 5) is 2.46. The molecule has 2 atom stereocenters. The summed E-state index contributed by atoms with van der Waals surface area (Å²) < 4.78 is 0. The number of rotatable bonds is 0. The topological polar surface area (TPSA) is 15.3 Å². The number of fused-ring (bicyclic) bond motifs is 2. The van der Waals surface area contributed by atoms with E-state index in [1.165, 1.54) is 32.5 Å². The van der Waals surface area contributed by atoms with Crippen LogP contribution in [0.4, 0.5) is 0 Å². The lowest BCUT2D eigenvalue weighted by molar-refractivity contribution is 0.110. The van der Waals surface area contributed by atoms with Gasteiger partial charge in [-0.2, -0.15) is 0 Å². The molecule has 15 heavy (non-hydrogen) atoms. The highest BCUT2D eigenvalue weighted by atomic mass is 15.1. The van der Waals surface area contributed by atoms with Crippen LogP contribution >= 0.6 is 0 Å². The van der Waals surface area contributed by atoms with Crippen molar-refractivity contribution in [2.24, 2.45) is 11.3 Å². The van der Waals surface area contributed by atoms with E-state index in [4.69, 9.17) is 0 Å². The number of nitrogens with one attached hydrogen (secondary N) is 1. The molecule has 3 aliphatic rings. The Morgan fingerprint density at radius 1 is 1.20 bits per heavy atom. The number of likely N-dealkylation sites (tertiary alicyclic amines) is 1. The number of nitrogens with zero attached hydrogens (tertiary/aromatic N) is 1. The zero-order chi connectivity index (χ0) is 10.3. The molecule has 2 fully saturated rings. The van der Waals surface area contributed by atoms with E-state index in [2.05, 4.69) is 41.6 Å². The van der Waals surface area contributed by atoms with Crippen LogP contribution in [0.2, 0.25) is 0 Å². The smallest absolute Gasteiger partial charge is 0.0322 e. The molecule has 2 heterocycles. The number of hydrogen-bond acceptors (Lipinski definition) is 2. The predicted molar refractivity (Wildman–Crippen MR) is 62.7 cm³/mol. The number of allylic oxidation sites excluding steroid dienone is 2. The van der Waals surface area contributed by atoms with Gasteiger partial charge in [-0.25, -0.2) is 0 Å². The van der Waals surface area contributed by atoms with Crippen molar-refractivity contribution in [2.45, 2.75) is 18.9 Å². The highest BCUT2D eigenvalue weighted by Crippen LogP contribution is 2.45. The van der Waals surface area contributed by atoms with Gasteiger partial charge in [-0.3, -0.25) is 0 Å². The highest BCUT2D eigenvalue weighted by molar-refractivity contribution is 5.24. The molecule has 2 heteroatoms. The summed E-state index contributed by atoms with van der Waals surface area (Å²) >= 11 is 0. The van der Waals surface area contributed by atoms with Gasteiger partial charge in [-0.05, 0) is 38.4 Å². The van der Waals surface area contributed by atoms with Gasteiger partial charge >= 0.3 is 0 Å². The van der Waals surface area contributed by atoms with E-state index in [9.17, 15) is 0 Å². The normalized spacial score (nSPS) is 38.5. The molecular weight excluding hydrogens is 184 g/mol. The molecule has 0 aromatic heterocycles. The minimum atomic E-state index is 0.554. The van der Waals surface area contributed by atoms with Gasteiger partial charge in [0.05, 0.1) is 0 Å². The Labute approximate surface area is 92.0 Å². The molecule has 1 N–H and O–H groups in total. The molecule has 2 saturated heterocycles. The maximum Gasteiger partial charge on any atom is 0.0322 e. The predicted octanol–water partition coefficient (Wildman–Crippen LogP) is 1.41. The van der Waals surface area contributed by atoms with Crippen molar-refractivity contribution in [3.05, 3.63) is 24.3 Å². The Kier molecular flexibility index (Phi) is 2.22. The minimum Gasteiger partial charge on any atom is -0.309 e. The number of hydrogen-bond donors (Lipinski definition) is 1. The highest BCUT2D eigenvalue weighted by Gasteiger charge is 2.47. The van der Waals surface area contributed by atoms with E-state index in [-0.39, 0.29) is 0 Å². The first-order valence-electron chi connectivity index (χ1n) is 6.07. The molecule has 2 unspecified atom stereocenters. The minimum absolute atomic E-state index is 0.554. The Balaban J connectivity index is 1.82. The SMILES string of the molecule is CN1CCC2(CC1)CNC1C=CC=CC12. The van der Waals surface area contributed by atoms with Gasteiger partial charge in [0.1, 0.15) is 0 Å². The molecule has 0 amide bonds. The van der Waals surface area contributed by atoms with Crippen LogP contribution < -0.4 is 5.32 Å². The van der Waals surface area contributed by atoms with Gasteiger partial charge < -0.3 is 10.2 Å². The third-order valence-corrected chi connectivity index (χ3v) is 4.51. The van der Waals surface area contributed by atoms with Crippen molar-refractivity contribution in [3.63, 3.8) is 0 Å². The summed E-state index contributed by atoms with van der Waals surface area (Å²) in [6, 6.07) is 0.610. The van der Waals surface area contributed by atoms with Crippen molar-refractivity contribution in [1.29, 1.82) is 0 Å². The van der Waals surface area contributed by atoms with Gasteiger partial charge in [-0.15, -0.1) is 0 Å². The van der Waals surface area contributed by atoms with Crippen LogP contribution in [0.1, 0.15) is 12.8 Å². The fourth-order valence-electron chi connectivity index (χ4n) is 3.40. The molecule has 0 bridgehead atoms. The van der Waals surface area contributed by atoms with Crippen molar-refractivity contribution < 1.29 is 0 Å². The first-order valence-corrected chi connectivity index (χ1v) is 6.07. The second kappa shape index (κ2) is 3.46. The van der Waals surface area contributed by atoms with Crippen molar-refractivity contribution in [3.8, 4) is 0 Å². The lowest BCUT2D eigenvalue weighted by Crippen LogP contribution is -2.42. The van der Waals surface area contributed by atoms with E-state index < -0.39 is 0 Å². The van der Waals surface area contributed by atoms with Crippen LogP contribution in [0.3, 0.4) is 0 Å². The van der Waals surface area contributed by atoms with Crippen molar-refractivity contribution in [1.82, 2.24) is 10.2 Å². The number of piperidine rings is 1. The summed E-state index contributed by atoms with van der Waals surface area (Å²) in [5.74, 6) is 0.746. The zero-order valence-corrected chi connectivity index (χ0v) is 9.45. The third kappa shape index (κ3) is 1.47. The van der Waals surface area contributed by atoms with E-state index in [1.54, 1.807) is 0 Å². The van der Waals surface area contributed by atoms with Crippen LogP contribution in [0, 0.1) is 11.3 Å². The first kappa shape index (κ1) is 9.61. The Morgan fingerprint density at radius 3 is 2.73 bits per heavy atom. The van der Waals surface area contributed by atoms with Gasteiger partial charge in [-0.1, -0.05) is 24.3 Å². The summed E-state index contributed by atoms with van der Waals surface area (Å²) in [6.45, 7) is 3.75. The molecule has 82 valence electrons. The zero-order valence-electron chi connectivity index (χ0n) is 9.45. The summed E-state index contributed by atoms with van der Waals surface area (Å²) in [7, 11) is 2.24. The maximum absolute atomic E-state index is 3.68. The molecule has 3 rings (SSSR count). The quantitative estimate of drug-likeness (QED) is 0.642. The standard InChI is InChI=1S/C13H20N2/c1-15-8-6-13(7-9-15)10-14-12-5-3-2-4-11(12)13/h2-5,11-12,14H,6-10H2,1H3. The third-order valence-electron chi connectivity index (χ3n) is 4.51. The summed E-state index contributed by atoms with van der Waals surface area (Å²) in [6.07, 6.45) is 11.9. The van der Waals surface area contributed by atoms with E-state index in [0.717, 1.165) is 5.92 Å². The average Bonchev–Trinajstić information content (AvgIpc) is 2.63. The van der Waals surface area contributed by atoms with Crippen LogP contribution in [0.5, 0.6) is 0 Å². The molecule has 1 spiro atoms. The molecule has 0 radical (unpaired) electrons. The molecule has 2 aliphatic heterocycles. The first-order chi connectivity index (χ1) is 7.30. The van der Waals surface area contributed by atoms with Crippen LogP contribution in [-0.2, 0) is 0 Å². The molecule has 1 aliphatic carbocycles. The van der Waals surface area contributed by atoms with Gasteiger partial charge in [0.15, 0.2) is 0 Å². The van der Waals surface area contributed by atoms with E-state index in [1.807, 2.05) is 0 Å². The van der Waals surface area contributed by atoms with Crippen LogP contribution in [0.15, 0.2) is 24.3 Å². The second-order valence-corrected chi connectivity index (χ2v) is 5.37. The summed E-state index contributed by atoms with van der Waals surface area (Å²) in [5.41, 5.74) is 0.554. The lowest BCUT2D eigenvalue weighted by atomic mass is 9.68. The van der Waals surface area contributed by atoms with Gasteiger partial charge in [0, 0.05) is 18.5 Å². The fourth-order valence-corrected chi connectivity index (χ4v) is 3.40. The monoisotopic (exact) mass is 204 g/mol. The Morgan fingerprint density at radius 2 is 1.93 bits per heavy atom. The van der Waals surface area contributed by atoms with E-state index in [0.29, 0.717) is 11.5 Å². The molecule has 2 nitrogen and oxygen atoms in total. The molecule has 0 saturated carbocycles. The molecular formula is C13H20N2. The largest absolute Gasteiger partial charge is 0.309 e. The summed E-state index contributed by atoms with van der Waals surface area (Å²) in [5, 5.41) is 3.68. The molecule has 0 aromatic carbocycles. The maximum atomic E-state index is 3.68. The Bertz CT molecular complexity index is 298. The molecule has 0 aromatic rings.